The first-order chi connectivity index (χ1) is 11.4. The van der Waals surface area contributed by atoms with Gasteiger partial charge in [-0.3, -0.25) is 19.7 Å². The van der Waals surface area contributed by atoms with E-state index in [1.165, 1.54) is 11.0 Å². The number of benzene rings is 1. The van der Waals surface area contributed by atoms with Crippen molar-refractivity contribution < 1.29 is 18.9 Å². The van der Waals surface area contributed by atoms with E-state index in [2.05, 4.69) is 5.32 Å². The maximum atomic E-state index is 12.1. The van der Waals surface area contributed by atoms with Crippen molar-refractivity contribution in [2.75, 3.05) is 18.4 Å². The molecule has 1 fully saturated rings. The number of anilines is 1. The highest BCUT2D eigenvalue weighted by atomic mass is 35.5. The highest BCUT2D eigenvalue weighted by molar-refractivity contribution is 6.30. The topological polar surface area (TPSA) is 106 Å². The van der Waals surface area contributed by atoms with Gasteiger partial charge in [0.15, 0.2) is 5.76 Å². The molecule has 0 saturated carbocycles. The molecule has 2 heterocycles. The van der Waals surface area contributed by atoms with Gasteiger partial charge in [0.25, 0.3) is 5.91 Å². The number of carbonyl (C=O) groups is 2. The fourth-order valence-corrected chi connectivity index (χ4v) is 2.51. The van der Waals surface area contributed by atoms with Crippen LogP contribution in [0.1, 0.15) is 10.6 Å². The van der Waals surface area contributed by atoms with Crippen LogP contribution < -0.4 is 5.32 Å². The molecule has 0 radical (unpaired) electrons. The minimum absolute atomic E-state index is 0.115. The molecule has 1 aromatic heterocycles. The molecule has 8 nitrogen and oxygen atoms in total. The Bertz CT molecular complexity index is 813. The van der Waals surface area contributed by atoms with Gasteiger partial charge >= 0.3 is 5.88 Å². The van der Waals surface area contributed by atoms with Crippen molar-refractivity contribution >= 4 is 35.0 Å². The molecule has 1 aliphatic heterocycles. The number of hydrogen-bond acceptors (Lipinski definition) is 5. The zero-order valence-electron chi connectivity index (χ0n) is 12.3. The van der Waals surface area contributed by atoms with E-state index in [1.54, 1.807) is 24.3 Å². The molecule has 1 N–H and O–H groups in total. The Balaban J connectivity index is 1.55. The molecule has 1 aliphatic rings. The average molecular weight is 350 g/mol. The summed E-state index contributed by atoms with van der Waals surface area (Å²) in [6, 6.07) is 9.13. The first-order valence-corrected chi connectivity index (χ1v) is 7.42. The Morgan fingerprint density at radius 1 is 1.29 bits per heavy atom. The van der Waals surface area contributed by atoms with Gasteiger partial charge in [0.2, 0.25) is 5.91 Å². The molecule has 0 spiro atoms. The van der Waals surface area contributed by atoms with E-state index in [-0.39, 0.29) is 30.7 Å². The summed E-state index contributed by atoms with van der Waals surface area (Å²) >= 11 is 5.85. The number of nitrogens with one attached hydrogen (secondary N) is 1. The number of nitrogens with zero attached hydrogens (tertiary/aromatic N) is 2. The van der Waals surface area contributed by atoms with Crippen molar-refractivity contribution in [3.05, 3.63) is 57.3 Å². The van der Waals surface area contributed by atoms with Crippen LogP contribution in [0, 0.1) is 16.0 Å². The number of likely N-dealkylation sites (tertiary alicyclic amines) is 1. The van der Waals surface area contributed by atoms with Gasteiger partial charge in [0.1, 0.15) is 4.92 Å². The smallest absolute Gasteiger partial charge is 0.395 e. The Kier molecular flexibility index (Phi) is 4.22. The van der Waals surface area contributed by atoms with Crippen LogP contribution in [-0.4, -0.2) is 34.7 Å². The Hall–Kier alpha value is -2.87. The lowest BCUT2D eigenvalue weighted by Crippen LogP contribution is -2.54. The fraction of sp³-hybridized carbons (Fsp3) is 0.200. The van der Waals surface area contributed by atoms with Crippen LogP contribution in [0.2, 0.25) is 5.02 Å². The first-order valence-electron chi connectivity index (χ1n) is 7.04. The molecule has 0 bridgehead atoms. The van der Waals surface area contributed by atoms with Gasteiger partial charge in [-0.25, -0.2) is 0 Å². The molecule has 124 valence electrons. The lowest BCUT2D eigenvalue weighted by Gasteiger charge is -2.37. The fourth-order valence-electron chi connectivity index (χ4n) is 2.32. The second-order valence-corrected chi connectivity index (χ2v) is 5.74. The van der Waals surface area contributed by atoms with Gasteiger partial charge in [-0.05, 0) is 24.3 Å². The molecule has 9 heteroatoms. The standard InChI is InChI=1S/C15H12ClN3O5/c16-10-2-1-3-11(6-10)17-14(20)9-7-18(8-9)15(21)12-4-5-13(24-12)19(22)23/h1-6,9H,7-8H2,(H,17,20). The Labute approximate surface area is 141 Å². The van der Waals surface area contributed by atoms with Gasteiger partial charge in [-0.2, -0.15) is 0 Å². The third-order valence-electron chi connectivity index (χ3n) is 3.61. The van der Waals surface area contributed by atoms with E-state index in [9.17, 15) is 19.7 Å². The summed E-state index contributed by atoms with van der Waals surface area (Å²) in [7, 11) is 0. The summed E-state index contributed by atoms with van der Waals surface area (Å²) in [5.74, 6) is -1.65. The molecule has 2 aromatic rings. The van der Waals surface area contributed by atoms with Crippen molar-refractivity contribution in [3.8, 4) is 0 Å². The SMILES string of the molecule is O=C(Nc1cccc(Cl)c1)C1CN(C(=O)c2ccc([N+](=O)[O-])o2)C1. The van der Waals surface area contributed by atoms with Crippen LogP contribution in [-0.2, 0) is 4.79 Å². The summed E-state index contributed by atoms with van der Waals surface area (Å²) < 4.78 is 4.86. The molecule has 1 saturated heterocycles. The monoisotopic (exact) mass is 349 g/mol. The van der Waals surface area contributed by atoms with Crippen molar-refractivity contribution in [1.82, 2.24) is 4.90 Å². The second kappa shape index (κ2) is 6.32. The maximum absolute atomic E-state index is 12.1. The van der Waals surface area contributed by atoms with Crippen LogP contribution in [0.4, 0.5) is 11.6 Å². The van der Waals surface area contributed by atoms with Crippen molar-refractivity contribution in [2.24, 2.45) is 5.92 Å². The van der Waals surface area contributed by atoms with E-state index >= 15 is 0 Å². The number of hydrogen-bond donors (Lipinski definition) is 1. The predicted octanol–water partition coefficient (Wildman–Crippen LogP) is 2.55. The Morgan fingerprint density at radius 2 is 2.04 bits per heavy atom. The van der Waals surface area contributed by atoms with E-state index in [0.717, 1.165) is 6.07 Å². The lowest BCUT2D eigenvalue weighted by atomic mass is 9.98. The van der Waals surface area contributed by atoms with E-state index in [0.29, 0.717) is 10.7 Å². The molecule has 2 amide bonds. The molecule has 24 heavy (non-hydrogen) atoms. The first kappa shape index (κ1) is 16.0. The maximum Gasteiger partial charge on any atom is 0.433 e. The zero-order chi connectivity index (χ0) is 17.3. The molecular formula is C15H12ClN3O5. The normalized spacial score (nSPS) is 14.1. The van der Waals surface area contributed by atoms with E-state index in [4.69, 9.17) is 16.0 Å². The van der Waals surface area contributed by atoms with Crippen molar-refractivity contribution in [1.29, 1.82) is 0 Å². The number of halogens is 1. The summed E-state index contributed by atoms with van der Waals surface area (Å²) in [6.07, 6.45) is 0. The van der Waals surface area contributed by atoms with Crippen molar-refractivity contribution in [2.45, 2.75) is 0 Å². The minimum Gasteiger partial charge on any atom is -0.395 e. The number of nitro groups is 1. The highest BCUT2D eigenvalue weighted by Gasteiger charge is 2.37. The van der Waals surface area contributed by atoms with Gasteiger partial charge in [0, 0.05) is 23.8 Å². The van der Waals surface area contributed by atoms with E-state index in [1.807, 2.05) is 0 Å². The van der Waals surface area contributed by atoms with Gasteiger partial charge < -0.3 is 14.6 Å². The molecule has 3 rings (SSSR count). The van der Waals surface area contributed by atoms with Crippen LogP contribution in [0.15, 0.2) is 40.8 Å². The van der Waals surface area contributed by atoms with Crippen molar-refractivity contribution in [3.63, 3.8) is 0 Å². The number of furan rings is 1. The minimum atomic E-state index is -0.714. The summed E-state index contributed by atoms with van der Waals surface area (Å²) in [6.45, 7) is 0.444. The average Bonchev–Trinajstić information content (AvgIpc) is 2.95. The summed E-state index contributed by atoms with van der Waals surface area (Å²) in [5, 5.41) is 13.8. The van der Waals surface area contributed by atoms with E-state index < -0.39 is 16.7 Å². The number of amides is 2. The molecular weight excluding hydrogens is 338 g/mol. The van der Waals surface area contributed by atoms with Crippen LogP contribution in [0.25, 0.3) is 0 Å². The quantitative estimate of drug-likeness (QED) is 0.674. The van der Waals surface area contributed by atoms with Crippen LogP contribution >= 0.6 is 11.6 Å². The molecule has 0 unspecified atom stereocenters. The molecule has 0 aliphatic carbocycles. The molecule has 1 aromatic carbocycles. The molecule has 0 atom stereocenters. The Morgan fingerprint density at radius 3 is 2.67 bits per heavy atom. The van der Waals surface area contributed by atoms with Gasteiger partial charge in [0.05, 0.1) is 12.0 Å². The number of carbonyl (C=O) groups excluding carboxylic acids is 2. The third-order valence-corrected chi connectivity index (χ3v) is 3.85. The zero-order valence-corrected chi connectivity index (χ0v) is 13.0. The van der Waals surface area contributed by atoms with Crippen LogP contribution in [0.3, 0.4) is 0 Å². The summed E-state index contributed by atoms with van der Waals surface area (Å²) in [5.41, 5.74) is 0.582. The van der Waals surface area contributed by atoms with Crippen LogP contribution in [0.5, 0.6) is 0 Å². The van der Waals surface area contributed by atoms with Gasteiger partial charge in [-0.15, -0.1) is 0 Å². The van der Waals surface area contributed by atoms with Gasteiger partial charge in [-0.1, -0.05) is 17.7 Å². The number of rotatable bonds is 4. The summed E-state index contributed by atoms with van der Waals surface area (Å²) in [4.78, 5) is 35.4. The lowest BCUT2D eigenvalue weighted by molar-refractivity contribution is -0.402. The largest absolute Gasteiger partial charge is 0.433 e. The predicted molar refractivity (Wildman–Crippen MR) is 84.8 cm³/mol. The highest BCUT2D eigenvalue weighted by Crippen LogP contribution is 2.24. The third kappa shape index (κ3) is 3.23. The second-order valence-electron chi connectivity index (χ2n) is 5.30.